The number of hydrogen-bond acceptors (Lipinski definition) is 2. The number of unbranched alkanes of at least 4 members (excludes halogenated alkanes) is 4. The highest BCUT2D eigenvalue weighted by Crippen LogP contribution is 2.23. The highest BCUT2D eigenvalue weighted by molar-refractivity contribution is 6.90. The lowest BCUT2D eigenvalue weighted by Gasteiger charge is -2.28. The van der Waals surface area contributed by atoms with Gasteiger partial charge in [-0.25, -0.2) is 0 Å². The molecule has 0 heterocycles. The van der Waals surface area contributed by atoms with Crippen LogP contribution >= 0.6 is 0 Å². The van der Waals surface area contributed by atoms with Crippen molar-refractivity contribution in [3.63, 3.8) is 0 Å². The predicted molar refractivity (Wildman–Crippen MR) is 116 cm³/mol. The summed E-state index contributed by atoms with van der Waals surface area (Å²) in [6.45, 7) is 12.7. The SMILES string of the molecule is CCCCCC/C=C/C(C[Si](C)(C)c1ccccc1)C(=O)OC(C)(C)C. The third-order valence-electron chi connectivity index (χ3n) is 4.59. The van der Waals surface area contributed by atoms with Crippen molar-refractivity contribution < 1.29 is 9.53 Å². The van der Waals surface area contributed by atoms with E-state index >= 15 is 0 Å². The minimum atomic E-state index is -1.71. The van der Waals surface area contributed by atoms with Gasteiger partial charge in [-0.05, 0) is 39.7 Å². The van der Waals surface area contributed by atoms with Crippen LogP contribution in [0, 0.1) is 5.92 Å². The topological polar surface area (TPSA) is 26.3 Å². The van der Waals surface area contributed by atoms with Gasteiger partial charge in [0.1, 0.15) is 5.60 Å². The predicted octanol–water partition coefficient (Wildman–Crippen LogP) is 6.09. The molecule has 3 heteroatoms. The lowest BCUT2D eigenvalue weighted by atomic mass is 10.1. The summed E-state index contributed by atoms with van der Waals surface area (Å²) in [4.78, 5) is 12.8. The maximum Gasteiger partial charge on any atom is 0.313 e. The molecule has 26 heavy (non-hydrogen) atoms. The molecular formula is C23H38O2Si. The van der Waals surface area contributed by atoms with E-state index in [4.69, 9.17) is 4.74 Å². The molecule has 1 unspecified atom stereocenters. The molecule has 1 aromatic carbocycles. The summed E-state index contributed by atoms with van der Waals surface area (Å²) in [6, 6.07) is 11.5. The quantitative estimate of drug-likeness (QED) is 0.214. The van der Waals surface area contributed by atoms with Gasteiger partial charge in [-0.15, -0.1) is 0 Å². The van der Waals surface area contributed by atoms with Crippen LogP contribution in [0.4, 0.5) is 0 Å². The van der Waals surface area contributed by atoms with Gasteiger partial charge in [0.25, 0.3) is 0 Å². The van der Waals surface area contributed by atoms with E-state index in [2.05, 4.69) is 62.5 Å². The van der Waals surface area contributed by atoms with Gasteiger partial charge in [-0.1, -0.05) is 87.0 Å². The van der Waals surface area contributed by atoms with Crippen molar-refractivity contribution in [2.24, 2.45) is 5.92 Å². The number of allylic oxidation sites excluding steroid dienone is 1. The highest BCUT2D eigenvalue weighted by Gasteiger charge is 2.32. The van der Waals surface area contributed by atoms with Crippen LogP contribution in [-0.4, -0.2) is 19.6 Å². The van der Waals surface area contributed by atoms with E-state index in [-0.39, 0.29) is 11.9 Å². The van der Waals surface area contributed by atoms with Crippen molar-refractivity contribution in [1.29, 1.82) is 0 Å². The first-order chi connectivity index (χ1) is 12.2. The Balaban J connectivity index is 2.82. The van der Waals surface area contributed by atoms with Crippen LogP contribution in [0.25, 0.3) is 0 Å². The summed E-state index contributed by atoms with van der Waals surface area (Å²) in [5.74, 6) is -0.235. The van der Waals surface area contributed by atoms with Crippen molar-refractivity contribution in [2.75, 3.05) is 0 Å². The number of rotatable bonds is 10. The largest absolute Gasteiger partial charge is 0.460 e. The first-order valence-electron chi connectivity index (χ1n) is 10.1. The van der Waals surface area contributed by atoms with Crippen LogP contribution < -0.4 is 5.19 Å². The second-order valence-corrected chi connectivity index (χ2v) is 13.6. The maximum absolute atomic E-state index is 12.8. The number of ether oxygens (including phenoxy) is 1. The van der Waals surface area contributed by atoms with Crippen molar-refractivity contribution >= 4 is 19.2 Å². The Morgan fingerprint density at radius 1 is 1.12 bits per heavy atom. The summed E-state index contributed by atoms with van der Waals surface area (Å²) < 4.78 is 5.71. The van der Waals surface area contributed by atoms with E-state index in [1.54, 1.807) is 0 Å². The molecule has 1 atom stereocenters. The fraction of sp³-hybridized carbons (Fsp3) is 0.609. The Bertz CT molecular complexity index is 555. The zero-order chi connectivity index (χ0) is 19.6. The molecule has 1 rings (SSSR count). The molecular weight excluding hydrogens is 336 g/mol. The Kier molecular flexibility index (Phi) is 9.35. The number of hydrogen-bond donors (Lipinski definition) is 0. The van der Waals surface area contributed by atoms with Gasteiger partial charge in [0, 0.05) is 0 Å². The van der Waals surface area contributed by atoms with Gasteiger partial charge in [-0.2, -0.15) is 0 Å². The maximum atomic E-state index is 12.8. The molecule has 146 valence electrons. The normalized spacial score (nSPS) is 13.8. The Labute approximate surface area is 162 Å². The molecule has 0 saturated heterocycles. The van der Waals surface area contributed by atoms with E-state index in [0.717, 1.165) is 12.5 Å². The van der Waals surface area contributed by atoms with Gasteiger partial charge in [0.15, 0.2) is 0 Å². The monoisotopic (exact) mass is 374 g/mol. The van der Waals surface area contributed by atoms with Crippen molar-refractivity contribution in [1.82, 2.24) is 0 Å². The van der Waals surface area contributed by atoms with Gasteiger partial charge in [0.05, 0.1) is 14.0 Å². The van der Waals surface area contributed by atoms with Crippen LogP contribution in [0.15, 0.2) is 42.5 Å². The number of carbonyl (C=O) groups is 1. The van der Waals surface area contributed by atoms with Gasteiger partial charge < -0.3 is 4.74 Å². The second-order valence-electron chi connectivity index (χ2n) is 8.87. The molecule has 0 fully saturated rings. The average Bonchev–Trinajstić information content (AvgIpc) is 2.56. The molecule has 0 aliphatic carbocycles. The van der Waals surface area contributed by atoms with E-state index in [1.165, 1.54) is 30.9 Å². The molecule has 0 bridgehead atoms. The third-order valence-corrected chi connectivity index (χ3v) is 7.94. The molecule has 0 aromatic heterocycles. The average molecular weight is 375 g/mol. The lowest BCUT2D eigenvalue weighted by Crippen LogP contribution is -2.44. The first kappa shape index (κ1) is 22.7. The summed E-state index contributed by atoms with van der Waals surface area (Å²) in [6.07, 6.45) is 10.4. The molecule has 0 spiro atoms. The van der Waals surface area contributed by atoms with Crippen LogP contribution in [0.5, 0.6) is 0 Å². The third kappa shape index (κ3) is 8.84. The summed E-state index contributed by atoms with van der Waals surface area (Å²) in [7, 11) is -1.71. The fourth-order valence-electron chi connectivity index (χ4n) is 3.11. The van der Waals surface area contributed by atoms with E-state index < -0.39 is 13.7 Å². The molecule has 0 N–H and O–H groups in total. The van der Waals surface area contributed by atoms with Crippen LogP contribution in [0.1, 0.15) is 59.8 Å². The summed E-state index contributed by atoms with van der Waals surface area (Å²) in [5.41, 5.74) is -0.442. The minimum Gasteiger partial charge on any atom is -0.460 e. The molecule has 0 radical (unpaired) electrons. The van der Waals surface area contributed by atoms with Crippen molar-refractivity contribution in [3.8, 4) is 0 Å². The van der Waals surface area contributed by atoms with E-state index in [0.29, 0.717) is 0 Å². The van der Waals surface area contributed by atoms with Gasteiger partial charge in [-0.3, -0.25) is 4.79 Å². The Morgan fingerprint density at radius 3 is 2.35 bits per heavy atom. The molecule has 0 amide bonds. The zero-order valence-electron chi connectivity index (χ0n) is 17.7. The Morgan fingerprint density at radius 2 is 1.77 bits per heavy atom. The van der Waals surface area contributed by atoms with Gasteiger partial charge >= 0.3 is 5.97 Å². The molecule has 0 aliphatic heterocycles. The molecule has 2 nitrogen and oxygen atoms in total. The smallest absolute Gasteiger partial charge is 0.313 e. The lowest BCUT2D eigenvalue weighted by molar-refractivity contribution is -0.157. The Hall–Kier alpha value is -1.35. The van der Waals surface area contributed by atoms with Crippen molar-refractivity contribution in [3.05, 3.63) is 42.5 Å². The zero-order valence-corrected chi connectivity index (χ0v) is 18.7. The van der Waals surface area contributed by atoms with E-state index in [9.17, 15) is 4.79 Å². The number of benzene rings is 1. The van der Waals surface area contributed by atoms with Crippen LogP contribution in [-0.2, 0) is 9.53 Å². The number of carbonyl (C=O) groups excluding carboxylic acids is 1. The fourth-order valence-corrected chi connectivity index (χ4v) is 5.85. The first-order valence-corrected chi connectivity index (χ1v) is 13.3. The minimum absolute atomic E-state index is 0.0844. The van der Waals surface area contributed by atoms with E-state index in [1.807, 2.05) is 20.8 Å². The van der Waals surface area contributed by atoms with Crippen LogP contribution in [0.3, 0.4) is 0 Å². The van der Waals surface area contributed by atoms with Crippen molar-refractivity contribution in [2.45, 2.75) is 84.5 Å². The number of esters is 1. The molecule has 0 saturated carbocycles. The highest BCUT2D eigenvalue weighted by atomic mass is 28.3. The summed E-state index contributed by atoms with van der Waals surface area (Å²) in [5, 5.41) is 1.39. The van der Waals surface area contributed by atoms with Gasteiger partial charge in [0.2, 0.25) is 0 Å². The standard InChI is InChI=1S/C23H38O2Si/c1-7-8-9-10-11-13-16-20(22(24)25-23(2,3)4)19-26(5,6)21-17-14-12-15-18-21/h12-18,20H,7-11,19H2,1-6H3/b16-13+. The molecule has 1 aromatic rings. The van der Waals surface area contributed by atoms with Crippen LogP contribution in [0.2, 0.25) is 19.1 Å². The second kappa shape index (κ2) is 10.7. The summed E-state index contributed by atoms with van der Waals surface area (Å²) >= 11 is 0. The molecule has 0 aliphatic rings.